The number of nitrogens with zero attached hydrogens (tertiary/aromatic N) is 5. The molecule has 1 aliphatic heterocycles. The first-order valence-corrected chi connectivity index (χ1v) is 11.7. The lowest BCUT2D eigenvalue weighted by Crippen LogP contribution is -2.26. The Kier molecular flexibility index (Phi) is 6.00. The zero-order valence-corrected chi connectivity index (χ0v) is 19.5. The molecule has 7 nitrogen and oxygen atoms in total. The van der Waals surface area contributed by atoms with Crippen LogP contribution in [-0.4, -0.2) is 43.4 Å². The fourth-order valence-electron chi connectivity index (χ4n) is 4.59. The van der Waals surface area contributed by atoms with Crippen LogP contribution < -0.4 is 4.90 Å². The summed E-state index contributed by atoms with van der Waals surface area (Å²) in [6.45, 7) is 5.40. The maximum atomic E-state index is 13.1. The second-order valence-corrected chi connectivity index (χ2v) is 8.89. The Hall–Kier alpha value is -3.40. The average Bonchev–Trinajstić information content (AvgIpc) is 3.57. The number of aliphatic hydroxyl groups excluding tert-OH is 1. The first-order chi connectivity index (χ1) is 16.7. The molecule has 1 fully saturated rings. The van der Waals surface area contributed by atoms with Crippen LogP contribution in [0, 0.1) is 0 Å². The zero-order valence-electron chi connectivity index (χ0n) is 19.5. The van der Waals surface area contributed by atoms with E-state index in [1.807, 2.05) is 23.6 Å². The number of oxazole rings is 1. The highest BCUT2D eigenvalue weighted by molar-refractivity contribution is 5.81. The van der Waals surface area contributed by atoms with Gasteiger partial charge in [0.2, 0.25) is 0 Å². The molecule has 1 saturated heterocycles. The third kappa shape index (κ3) is 4.50. The third-order valence-electron chi connectivity index (χ3n) is 6.47. The lowest BCUT2D eigenvalue weighted by atomic mass is 10.1. The number of benzene rings is 1. The van der Waals surface area contributed by atoms with Gasteiger partial charge in [0.25, 0.3) is 0 Å². The normalized spacial score (nSPS) is 17.4. The Labute approximate surface area is 200 Å². The van der Waals surface area contributed by atoms with Crippen LogP contribution in [0.3, 0.4) is 0 Å². The van der Waals surface area contributed by atoms with Gasteiger partial charge < -0.3 is 19.0 Å². The summed E-state index contributed by atoms with van der Waals surface area (Å²) in [6.07, 6.45) is -1.12. The summed E-state index contributed by atoms with van der Waals surface area (Å²) in [5, 5.41) is 9.73. The number of hydrogen-bond donors (Lipinski definition) is 1. The number of anilines is 1. The second kappa shape index (κ2) is 8.99. The first-order valence-electron chi connectivity index (χ1n) is 11.7. The van der Waals surface area contributed by atoms with Gasteiger partial charge in [-0.05, 0) is 49.6 Å². The van der Waals surface area contributed by atoms with Crippen LogP contribution in [0.25, 0.3) is 22.4 Å². The molecule has 0 amide bonds. The standard InChI is InChI=1S/C25H26F3N5O2/c1-3-22-30-18(14-35-22)13-33-20-8-6-16(23(34)25(26,27)28)11-19(20)31-24(33)17-7-9-21(29-12-17)32-10-4-5-15(32)2/h6-9,11-12,14-15,23,34H,3-5,10,13H2,1-2H3. The van der Waals surface area contributed by atoms with E-state index in [2.05, 4.69) is 26.8 Å². The maximum Gasteiger partial charge on any atom is 0.418 e. The van der Waals surface area contributed by atoms with E-state index in [-0.39, 0.29) is 5.56 Å². The minimum Gasteiger partial charge on any atom is -0.449 e. The van der Waals surface area contributed by atoms with Gasteiger partial charge in [0.1, 0.15) is 17.9 Å². The van der Waals surface area contributed by atoms with E-state index in [1.165, 1.54) is 12.1 Å². The van der Waals surface area contributed by atoms with E-state index in [0.717, 1.165) is 30.8 Å². The van der Waals surface area contributed by atoms with E-state index in [1.54, 1.807) is 18.5 Å². The number of imidazole rings is 1. The summed E-state index contributed by atoms with van der Waals surface area (Å²) in [4.78, 5) is 16.0. The molecule has 5 rings (SSSR count). The fraction of sp³-hybridized carbons (Fsp3) is 0.400. The van der Waals surface area contributed by atoms with Crippen molar-refractivity contribution in [2.24, 2.45) is 0 Å². The summed E-state index contributed by atoms with van der Waals surface area (Å²) in [5.41, 5.74) is 2.12. The molecule has 10 heteroatoms. The third-order valence-corrected chi connectivity index (χ3v) is 6.47. The predicted octanol–water partition coefficient (Wildman–Crippen LogP) is 5.28. The van der Waals surface area contributed by atoms with Crippen LogP contribution in [0.5, 0.6) is 0 Å². The lowest BCUT2D eigenvalue weighted by Gasteiger charge is -2.22. The van der Waals surface area contributed by atoms with Crippen molar-refractivity contribution in [1.82, 2.24) is 19.5 Å². The smallest absolute Gasteiger partial charge is 0.418 e. The molecule has 4 heterocycles. The number of rotatable bonds is 6. The predicted molar refractivity (Wildman–Crippen MR) is 125 cm³/mol. The molecule has 35 heavy (non-hydrogen) atoms. The van der Waals surface area contributed by atoms with Gasteiger partial charge >= 0.3 is 6.18 Å². The van der Waals surface area contributed by atoms with Gasteiger partial charge in [-0.2, -0.15) is 13.2 Å². The summed E-state index contributed by atoms with van der Waals surface area (Å²) in [6, 6.07) is 8.41. The largest absolute Gasteiger partial charge is 0.449 e. The van der Waals surface area contributed by atoms with Crippen molar-refractivity contribution in [2.75, 3.05) is 11.4 Å². The molecular formula is C25H26F3N5O2. The van der Waals surface area contributed by atoms with Crippen molar-refractivity contribution < 1.29 is 22.7 Å². The van der Waals surface area contributed by atoms with Gasteiger partial charge in [-0.25, -0.2) is 15.0 Å². The minimum atomic E-state index is -4.76. The molecule has 0 radical (unpaired) electrons. The van der Waals surface area contributed by atoms with Gasteiger partial charge in [-0.3, -0.25) is 0 Å². The molecule has 2 atom stereocenters. The Balaban J connectivity index is 1.57. The fourth-order valence-corrected chi connectivity index (χ4v) is 4.59. The van der Waals surface area contributed by atoms with E-state index in [4.69, 9.17) is 4.42 Å². The van der Waals surface area contributed by atoms with E-state index >= 15 is 0 Å². The molecule has 0 aliphatic carbocycles. The highest BCUT2D eigenvalue weighted by atomic mass is 19.4. The number of aryl methyl sites for hydroxylation is 1. The van der Waals surface area contributed by atoms with Crippen molar-refractivity contribution in [2.45, 2.75) is 58.0 Å². The Morgan fingerprint density at radius 1 is 1.20 bits per heavy atom. The highest BCUT2D eigenvalue weighted by Gasteiger charge is 2.39. The molecular weight excluding hydrogens is 459 g/mol. The SMILES string of the molecule is CCc1nc(Cn2c(-c3ccc(N4CCCC4C)nc3)nc3cc(C(O)C(F)(F)F)ccc32)co1. The van der Waals surface area contributed by atoms with Crippen LogP contribution in [0.2, 0.25) is 0 Å². The van der Waals surface area contributed by atoms with Crippen molar-refractivity contribution in [3.8, 4) is 11.4 Å². The molecule has 0 spiro atoms. The van der Waals surface area contributed by atoms with Gasteiger partial charge in [0.05, 0.1) is 23.3 Å². The number of alkyl halides is 3. The van der Waals surface area contributed by atoms with Crippen LogP contribution >= 0.6 is 0 Å². The number of fused-ring (bicyclic) bond motifs is 1. The molecule has 184 valence electrons. The second-order valence-electron chi connectivity index (χ2n) is 8.89. The number of aromatic nitrogens is 4. The van der Waals surface area contributed by atoms with Crippen molar-refractivity contribution in [3.05, 3.63) is 59.9 Å². The minimum absolute atomic E-state index is 0.257. The summed E-state index contributed by atoms with van der Waals surface area (Å²) in [5.74, 6) is 2.04. The topological polar surface area (TPSA) is 80.2 Å². The quantitative estimate of drug-likeness (QED) is 0.400. The molecule has 1 aromatic carbocycles. The number of halogens is 3. The van der Waals surface area contributed by atoms with Crippen molar-refractivity contribution in [3.63, 3.8) is 0 Å². The van der Waals surface area contributed by atoms with Gasteiger partial charge in [-0.1, -0.05) is 13.0 Å². The molecule has 0 saturated carbocycles. The number of aliphatic hydroxyl groups is 1. The van der Waals surface area contributed by atoms with Crippen molar-refractivity contribution in [1.29, 1.82) is 0 Å². The average molecular weight is 486 g/mol. The molecule has 0 bridgehead atoms. The van der Waals surface area contributed by atoms with E-state index in [9.17, 15) is 18.3 Å². The maximum absolute atomic E-state index is 13.1. The summed E-state index contributed by atoms with van der Waals surface area (Å²) in [7, 11) is 0. The Morgan fingerprint density at radius 2 is 2.03 bits per heavy atom. The first kappa shape index (κ1) is 23.3. The monoisotopic (exact) mass is 485 g/mol. The van der Waals surface area contributed by atoms with Crippen LogP contribution in [-0.2, 0) is 13.0 Å². The number of hydrogen-bond acceptors (Lipinski definition) is 6. The van der Waals surface area contributed by atoms with Crippen LogP contribution in [0.4, 0.5) is 19.0 Å². The van der Waals surface area contributed by atoms with Gasteiger partial charge in [0.15, 0.2) is 12.0 Å². The highest BCUT2D eigenvalue weighted by Crippen LogP contribution is 2.35. The molecule has 1 aliphatic rings. The molecule has 3 aromatic heterocycles. The molecule has 2 unspecified atom stereocenters. The van der Waals surface area contributed by atoms with E-state index in [0.29, 0.717) is 47.4 Å². The van der Waals surface area contributed by atoms with Gasteiger partial charge in [0, 0.05) is 30.8 Å². The summed E-state index contributed by atoms with van der Waals surface area (Å²) < 4.78 is 46.6. The van der Waals surface area contributed by atoms with Crippen LogP contribution in [0.1, 0.15) is 49.9 Å². The Bertz CT molecular complexity index is 1330. The van der Waals surface area contributed by atoms with Gasteiger partial charge in [-0.15, -0.1) is 0 Å². The Morgan fingerprint density at radius 3 is 2.66 bits per heavy atom. The zero-order chi connectivity index (χ0) is 24.7. The van der Waals surface area contributed by atoms with Crippen molar-refractivity contribution >= 4 is 16.9 Å². The van der Waals surface area contributed by atoms with E-state index < -0.39 is 12.3 Å². The lowest BCUT2D eigenvalue weighted by molar-refractivity contribution is -0.206. The van der Waals surface area contributed by atoms with Crippen LogP contribution in [0.15, 0.2) is 47.2 Å². The summed E-state index contributed by atoms with van der Waals surface area (Å²) >= 11 is 0. The molecule has 4 aromatic rings. The number of pyridine rings is 1. The molecule has 1 N–H and O–H groups in total.